The standard InChI is InChI=1S/C25H21Cl2N3O6S2/c1-38(35,36)16-7-3-4-13(9-16)10-19(25(33)34)29-24(32)20-18(26)11-17-22(21(20)27)37-30-23(17)28-12-14-5-2-6-15(31)8-14/h2-9,11,19,31H,10,12H2,1H3,(H,28,30)(H,29,32)(H,33,34). The molecule has 0 aliphatic rings. The van der Waals surface area contributed by atoms with Crippen LogP contribution in [0.15, 0.2) is 59.5 Å². The van der Waals surface area contributed by atoms with Crippen LogP contribution in [0.2, 0.25) is 10.0 Å². The highest BCUT2D eigenvalue weighted by molar-refractivity contribution is 7.90. The zero-order valence-corrected chi connectivity index (χ0v) is 22.9. The first-order valence-electron chi connectivity index (χ1n) is 11.1. The maximum absolute atomic E-state index is 13.1. The number of carboxylic acids is 1. The number of halogens is 2. The summed E-state index contributed by atoms with van der Waals surface area (Å²) in [6, 6.07) is 12.7. The second-order valence-electron chi connectivity index (χ2n) is 8.47. The van der Waals surface area contributed by atoms with E-state index in [2.05, 4.69) is 15.0 Å². The predicted octanol–water partition coefficient (Wildman–Crippen LogP) is 4.75. The molecule has 1 amide bonds. The van der Waals surface area contributed by atoms with Crippen LogP contribution in [0.1, 0.15) is 21.5 Å². The summed E-state index contributed by atoms with van der Waals surface area (Å²) < 4.78 is 28.5. The lowest BCUT2D eigenvalue weighted by Crippen LogP contribution is -2.42. The van der Waals surface area contributed by atoms with Gasteiger partial charge in [-0.15, -0.1) is 0 Å². The number of hydrogen-bond acceptors (Lipinski definition) is 8. The molecule has 3 aromatic carbocycles. The van der Waals surface area contributed by atoms with E-state index in [4.69, 9.17) is 23.2 Å². The number of nitrogens with zero attached hydrogens (tertiary/aromatic N) is 1. The summed E-state index contributed by atoms with van der Waals surface area (Å²) in [5, 5.41) is 25.6. The molecule has 0 aliphatic carbocycles. The molecular weight excluding hydrogens is 573 g/mol. The van der Waals surface area contributed by atoms with Gasteiger partial charge in [0.15, 0.2) is 9.84 Å². The van der Waals surface area contributed by atoms with Crippen LogP contribution >= 0.6 is 34.7 Å². The lowest BCUT2D eigenvalue weighted by atomic mass is 10.1. The molecule has 1 unspecified atom stereocenters. The number of benzene rings is 3. The van der Waals surface area contributed by atoms with Crippen LogP contribution < -0.4 is 10.6 Å². The number of aromatic nitrogens is 1. The molecule has 0 aliphatic heterocycles. The number of rotatable bonds is 9. The first kappa shape index (κ1) is 27.6. The Labute approximate surface area is 232 Å². The molecule has 4 rings (SSSR count). The number of aliphatic carboxylic acids is 1. The number of sulfone groups is 1. The van der Waals surface area contributed by atoms with Crippen molar-refractivity contribution in [2.24, 2.45) is 0 Å². The number of amides is 1. The normalized spacial score (nSPS) is 12.3. The Balaban J connectivity index is 1.56. The third-order valence-electron chi connectivity index (χ3n) is 5.62. The highest BCUT2D eigenvalue weighted by Crippen LogP contribution is 2.39. The quantitative estimate of drug-likeness (QED) is 0.217. The number of carbonyl (C=O) groups is 2. The van der Waals surface area contributed by atoms with Gasteiger partial charge < -0.3 is 20.8 Å². The van der Waals surface area contributed by atoms with E-state index in [1.54, 1.807) is 24.3 Å². The van der Waals surface area contributed by atoms with Gasteiger partial charge in [-0.1, -0.05) is 47.5 Å². The Kier molecular flexibility index (Phi) is 8.12. The first-order chi connectivity index (χ1) is 17.9. The zero-order chi connectivity index (χ0) is 27.6. The van der Waals surface area contributed by atoms with Gasteiger partial charge in [-0.25, -0.2) is 13.2 Å². The van der Waals surface area contributed by atoms with E-state index < -0.39 is 27.8 Å². The summed E-state index contributed by atoms with van der Waals surface area (Å²) in [5.41, 5.74) is 1.14. The molecule has 0 spiro atoms. The monoisotopic (exact) mass is 593 g/mol. The Bertz CT molecular complexity index is 1660. The predicted molar refractivity (Wildman–Crippen MR) is 147 cm³/mol. The van der Waals surface area contributed by atoms with Crippen molar-refractivity contribution < 1.29 is 28.2 Å². The molecule has 0 saturated heterocycles. The van der Waals surface area contributed by atoms with Crippen molar-refractivity contribution in [3.05, 3.63) is 81.3 Å². The van der Waals surface area contributed by atoms with E-state index in [1.165, 1.54) is 24.3 Å². The number of carboxylic acid groups (broad SMARTS) is 1. The van der Waals surface area contributed by atoms with E-state index in [-0.39, 0.29) is 32.7 Å². The van der Waals surface area contributed by atoms with Gasteiger partial charge in [-0.05, 0) is 53.0 Å². The fourth-order valence-corrected chi connectivity index (χ4v) is 5.97. The summed E-state index contributed by atoms with van der Waals surface area (Å²) in [6.07, 6.45) is 0.890. The van der Waals surface area contributed by atoms with Crippen LogP contribution in [0.3, 0.4) is 0 Å². The second-order valence-corrected chi connectivity index (χ2v) is 12.0. The van der Waals surface area contributed by atoms with Gasteiger partial charge >= 0.3 is 5.97 Å². The molecule has 1 aromatic heterocycles. The lowest BCUT2D eigenvalue weighted by Gasteiger charge is -2.16. The van der Waals surface area contributed by atoms with Crippen LogP contribution in [-0.2, 0) is 27.6 Å². The lowest BCUT2D eigenvalue weighted by molar-refractivity contribution is -0.139. The van der Waals surface area contributed by atoms with Gasteiger partial charge in [0.2, 0.25) is 0 Å². The molecule has 13 heteroatoms. The van der Waals surface area contributed by atoms with Gasteiger partial charge in [-0.2, -0.15) is 4.37 Å². The van der Waals surface area contributed by atoms with Gasteiger partial charge in [0, 0.05) is 24.6 Å². The number of phenols is 1. The van der Waals surface area contributed by atoms with E-state index in [0.29, 0.717) is 28.0 Å². The van der Waals surface area contributed by atoms with E-state index in [0.717, 1.165) is 23.4 Å². The molecule has 0 saturated carbocycles. The zero-order valence-electron chi connectivity index (χ0n) is 19.7. The van der Waals surface area contributed by atoms with Gasteiger partial charge in [0.25, 0.3) is 5.91 Å². The molecule has 198 valence electrons. The molecule has 0 radical (unpaired) electrons. The average molecular weight is 594 g/mol. The van der Waals surface area contributed by atoms with Crippen LogP contribution in [0.25, 0.3) is 10.1 Å². The van der Waals surface area contributed by atoms with Crippen LogP contribution in [0.5, 0.6) is 5.75 Å². The number of anilines is 1. The minimum absolute atomic E-state index is 0.00354. The molecular formula is C25H21Cl2N3O6S2. The van der Waals surface area contributed by atoms with Crippen molar-refractivity contribution in [2.45, 2.75) is 23.9 Å². The van der Waals surface area contributed by atoms with Crippen LogP contribution in [-0.4, -0.2) is 47.2 Å². The fourth-order valence-electron chi connectivity index (χ4n) is 3.76. The molecule has 4 N–H and O–H groups in total. The minimum atomic E-state index is -3.49. The first-order valence-corrected chi connectivity index (χ1v) is 14.5. The topological polar surface area (TPSA) is 146 Å². The summed E-state index contributed by atoms with van der Waals surface area (Å²) in [5.74, 6) is -1.49. The third-order valence-corrected chi connectivity index (χ3v) is 8.40. The minimum Gasteiger partial charge on any atom is -0.508 e. The third kappa shape index (κ3) is 6.18. The largest absolute Gasteiger partial charge is 0.508 e. The number of fused-ring (bicyclic) bond motifs is 1. The molecule has 9 nitrogen and oxygen atoms in total. The van der Waals surface area contributed by atoms with Crippen molar-refractivity contribution in [1.29, 1.82) is 0 Å². The van der Waals surface area contributed by atoms with E-state index in [9.17, 15) is 28.2 Å². The van der Waals surface area contributed by atoms with Crippen molar-refractivity contribution in [1.82, 2.24) is 9.69 Å². The summed E-state index contributed by atoms with van der Waals surface area (Å²) in [4.78, 5) is 25.1. The number of carbonyl (C=O) groups excluding carboxylic acids is 1. The molecule has 38 heavy (non-hydrogen) atoms. The van der Waals surface area contributed by atoms with Crippen molar-refractivity contribution in [3.63, 3.8) is 0 Å². The number of phenolic OH excluding ortho intramolecular Hbond substituents is 1. The molecule has 0 fully saturated rings. The van der Waals surface area contributed by atoms with Gasteiger partial charge in [0.1, 0.15) is 17.6 Å². The highest BCUT2D eigenvalue weighted by atomic mass is 35.5. The Morgan fingerprint density at radius 3 is 2.47 bits per heavy atom. The van der Waals surface area contributed by atoms with Crippen LogP contribution in [0.4, 0.5) is 5.82 Å². The maximum atomic E-state index is 13.1. The van der Waals surface area contributed by atoms with Crippen molar-refractivity contribution >= 4 is 72.4 Å². The van der Waals surface area contributed by atoms with Crippen molar-refractivity contribution in [3.8, 4) is 5.75 Å². The second kappa shape index (κ2) is 11.2. The Morgan fingerprint density at radius 2 is 1.79 bits per heavy atom. The Hall–Kier alpha value is -3.38. The fraction of sp³-hybridized carbons (Fsp3) is 0.160. The molecule has 4 aromatic rings. The number of hydrogen-bond donors (Lipinski definition) is 4. The SMILES string of the molecule is CS(=O)(=O)c1cccc(CC(NC(=O)c2c(Cl)cc3c(NCc4cccc(O)c4)nsc3c2Cl)C(=O)O)c1. The average Bonchev–Trinajstić information content (AvgIpc) is 3.25. The summed E-state index contributed by atoms with van der Waals surface area (Å²) in [7, 11) is -3.49. The maximum Gasteiger partial charge on any atom is 0.326 e. The van der Waals surface area contributed by atoms with Gasteiger partial charge in [-0.3, -0.25) is 4.79 Å². The Morgan fingerprint density at radius 1 is 1.08 bits per heavy atom. The van der Waals surface area contributed by atoms with Crippen LogP contribution in [0, 0.1) is 0 Å². The van der Waals surface area contributed by atoms with E-state index in [1.807, 2.05) is 6.07 Å². The highest BCUT2D eigenvalue weighted by Gasteiger charge is 2.26. The molecule has 1 atom stereocenters. The van der Waals surface area contributed by atoms with Crippen molar-refractivity contribution in [2.75, 3.05) is 11.6 Å². The molecule has 1 heterocycles. The van der Waals surface area contributed by atoms with E-state index >= 15 is 0 Å². The molecule has 0 bridgehead atoms. The number of nitrogens with one attached hydrogen (secondary N) is 2. The number of aromatic hydroxyl groups is 1. The summed E-state index contributed by atoms with van der Waals surface area (Å²) >= 11 is 14.0. The summed E-state index contributed by atoms with van der Waals surface area (Å²) in [6.45, 7) is 0.367. The smallest absolute Gasteiger partial charge is 0.326 e. The van der Waals surface area contributed by atoms with Gasteiger partial charge in [0.05, 0.1) is 25.2 Å².